The Morgan fingerprint density at radius 1 is 1.15 bits per heavy atom. The van der Waals surface area contributed by atoms with Crippen molar-refractivity contribution in [3.63, 3.8) is 0 Å². The van der Waals surface area contributed by atoms with Gasteiger partial charge in [0.15, 0.2) is 0 Å². The molecule has 0 unspecified atom stereocenters. The maximum atomic E-state index is 12.2. The normalized spacial score (nSPS) is 15.3. The SMILES string of the molecule is O=C(CN1CCN(c2ccnc3nncn23)CC1)Nc1ccc(Cl)cn1. The first-order valence-corrected chi connectivity index (χ1v) is 8.60. The van der Waals surface area contributed by atoms with E-state index < -0.39 is 0 Å². The summed E-state index contributed by atoms with van der Waals surface area (Å²) in [7, 11) is 0. The molecule has 1 saturated heterocycles. The van der Waals surface area contributed by atoms with E-state index in [0.29, 0.717) is 23.2 Å². The fourth-order valence-corrected chi connectivity index (χ4v) is 3.07. The first kappa shape index (κ1) is 16.7. The monoisotopic (exact) mass is 372 g/mol. The number of anilines is 2. The Labute approximate surface area is 154 Å². The van der Waals surface area contributed by atoms with Crippen molar-refractivity contribution in [1.82, 2.24) is 29.5 Å². The number of rotatable bonds is 4. The highest BCUT2D eigenvalue weighted by Gasteiger charge is 2.21. The summed E-state index contributed by atoms with van der Waals surface area (Å²) >= 11 is 5.80. The molecule has 10 heteroatoms. The molecule has 1 amide bonds. The highest BCUT2D eigenvalue weighted by Crippen LogP contribution is 2.16. The van der Waals surface area contributed by atoms with Gasteiger partial charge in [-0.2, -0.15) is 0 Å². The third kappa shape index (κ3) is 3.58. The van der Waals surface area contributed by atoms with Gasteiger partial charge in [-0.1, -0.05) is 11.6 Å². The van der Waals surface area contributed by atoms with Crippen LogP contribution in [0, 0.1) is 0 Å². The molecule has 1 aliphatic heterocycles. The Balaban J connectivity index is 1.33. The molecule has 9 nitrogen and oxygen atoms in total. The number of fused-ring (bicyclic) bond motifs is 1. The second-order valence-electron chi connectivity index (χ2n) is 5.98. The van der Waals surface area contributed by atoms with Crippen LogP contribution in [0.1, 0.15) is 0 Å². The summed E-state index contributed by atoms with van der Waals surface area (Å²) in [6, 6.07) is 5.33. The van der Waals surface area contributed by atoms with Crippen LogP contribution in [0.4, 0.5) is 11.6 Å². The van der Waals surface area contributed by atoms with E-state index in [1.807, 2.05) is 10.5 Å². The number of amides is 1. The summed E-state index contributed by atoms with van der Waals surface area (Å²) in [5.74, 6) is 2.01. The maximum Gasteiger partial charge on any atom is 0.256 e. The molecule has 1 fully saturated rings. The summed E-state index contributed by atoms with van der Waals surface area (Å²) in [6.07, 6.45) is 4.91. The Morgan fingerprint density at radius 2 is 2.00 bits per heavy atom. The van der Waals surface area contributed by atoms with Gasteiger partial charge < -0.3 is 10.2 Å². The van der Waals surface area contributed by atoms with Gasteiger partial charge >= 0.3 is 0 Å². The second kappa shape index (κ2) is 7.22. The molecule has 3 aromatic rings. The lowest BCUT2D eigenvalue weighted by atomic mass is 10.3. The van der Waals surface area contributed by atoms with E-state index in [1.54, 1.807) is 24.7 Å². The zero-order valence-corrected chi connectivity index (χ0v) is 14.7. The van der Waals surface area contributed by atoms with Crippen molar-refractivity contribution in [3.05, 3.63) is 41.9 Å². The van der Waals surface area contributed by atoms with Crippen LogP contribution in [0.15, 0.2) is 36.9 Å². The summed E-state index contributed by atoms with van der Waals surface area (Å²) in [6.45, 7) is 3.52. The molecule has 4 heterocycles. The number of pyridine rings is 1. The third-order valence-corrected chi connectivity index (χ3v) is 4.47. The van der Waals surface area contributed by atoms with E-state index in [-0.39, 0.29) is 5.91 Å². The van der Waals surface area contributed by atoms with Crippen LogP contribution in [0.3, 0.4) is 0 Å². The van der Waals surface area contributed by atoms with Crippen molar-refractivity contribution >= 4 is 34.9 Å². The van der Waals surface area contributed by atoms with E-state index >= 15 is 0 Å². The molecule has 0 radical (unpaired) electrons. The number of carbonyl (C=O) groups is 1. The molecule has 4 rings (SSSR count). The van der Waals surface area contributed by atoms with Gasteiger partial charge in [-0.05, 0) is 18.2 Å². The molecule has 0 atom stereocenters. The van der Waals surface area contributed by atoms with Gasteiger partial charge in [-0.3, -0.25) is 14.1 Å². The molecule has 1 aliphatic rings. The molecule has 1 N–H and O–H groups in total. The maximum absolute atomic E-state index is 12.2. The molecule has 134 valence electrons. The van der Waals surface area contributed by atoms with Gasteiger partial charge in [0.2, 0.25) is 5.91 Å². The first-order valence-electron chi connectivity index (χ1n) is 8.22. The van der Waals surface area contributed by atoms with Crippen LogP contribution in [-0.2, 0) is 4.79 Å². The zero-order valence-electron chi connectivity index (χ0n) is 13.9. The summed E-state index contributed by atoms with van der Waals surface area (Å²) < 4.78 is 1.87. The lowest BCUT2D eigenvalue weighted by molar-refractivity contribution is -0.117. The predicted octanol–water partition coefficient (Wildman–Crippen LogP) is 0.933. The molecule has 0 aromatic carbocycles. The number of aromatic nitrogens is 5. The number of piperazine rings is 1. The second-order valence-corrected chi connectivity index (χ2v) is 6.41. The molecule has 0 bridgehead atoms. The number of nitrogens with one attached hydrogen (secondary N) is 1. The number of hydrogen-bond acceptors (Lipinski definition) is 7. The number of nitrogens with zero attached hydrogens (tertiary/aromatic N) is 7. The number of carbonyl (C=O) groups excluding carboxylic acids is 1. The Bertz CT molecular complexity index is 904. The van der Waals surface area contributed by atoms with Crippen molar-refractivity contribution in [2.75, 3.05) is 42.9 Å². The average Bonchev–Trinajstić information content (AvgIpc) is 3.13. The fourth-order valence-electron chi connectivity index (χ4n) is 2.96. The van der Waals surface area contributed by atoms with E-state index in [9.17, 15) is 4.79 Å². The van der Waals surface area contributed by atoms with Gasteiger partial charge in [-0.25, -0.2) is 9.97 Å². The van der Waals surface area contributed by atoms with Crippen LogP contribution in [0.25, 0.3) is 5.78 Å². The van der Waals surface area contributed by atoms with E-state index in [2.05, 4.69) is 35.3 Å². The molecular weight excluding hydrogens is 356 g/mol. The van der Waals surface area contributed by atoms with Crippen LogP contribution >= 0.6 is 11.6 Å². The van der Waals surface area contributed by atoms with Crippen LogP contribution in [0.2, 0.25) is 5.02 Å². The molecular formula is C16H17ClN8O. The minimum atomic E-state index is -0.0848. The van der Waals surface area contributed by atoms with Crippen molar-refractivity contribution < 1.29 is 4.79 Å². The quantitative estimate of drug-likeness (QED) is 0.728. The smallest absolute Gasteiger partial charge is 0.256 e. The largest absolute Gasteiger partial charge is 0.355 e. The number of halogens is 1. The predicted molar refractivity (Wildman–Crippen MR) is 97.3 cm³/mol. The molecule has 26 heavy (non-hydrogen) atoms. The minimum absolute atomic E-state index is 0.0848. The van der Waals surface area contributed by atoms with Crippen molar-refractivity contribution in [2.45, 2.75) is 0 Å². The Morgan fingerprint density at radius 3 is 2.77 bits per heavy atom. The minimum Gasteiger partial charge on any atom is -0.355 e. The van der Waals surface area contributed by atoms with Crippen LogP contribution in [-0.4, -0.2) is 68.1 Å². The Hall–Kier alpha value is -2.78. The summed E-state index contributed by atoms with van der Waals surface area (Å²) in [4.78, 5) is 24.8. The molecule has 0 saturated carbocycles. The van der Waals surface area contributed by atoms with Crippen molar-refractivity contribution in [3.8, 4) is 0 Å². The topological polar surface area (TPSA) is 91.6 Å². The lowest BCUT2D eigenvalue weighted by Gasteiger charge is -2.35. The van der Waals surface area contributed by atoms with Crippen LogP contribution in [0.5, 0.6) is 0 Å². The van der Waals surface area contributed by atoms with E-state index in [4.69, 9.17) is 11.6 Å². The molecule has 3 aromatic heterocycles. The Kier molecular flexibility index (Phi) is 4.63. The van der Waals surface area contributed by atoms with Gasteiger partial charge in [-0.15, -0.1) is 10.2 Å². The highest BCUT2D eigenvalue weighted by molar-refractivity contribution is 6.30. The molecule has 0 aliphatic carbocycles. The average molecular weight is 373 g/mol. The van der Waals surface area contributed by atoms with Gasteiger partial charge in [0, 0.05) is 38.6 Å². The summed E-state index contributed by atoms with van der Waals surface area (Å²) in [5, 5.41) is 11.2. The van der Waals surface area contributed by atoms with E-state index in [1.165, 1.54) is 6.20 Å². The summed E-state index contributed by atoms with van der Waals surface area (Å²) in [5.41, 5.74) is 0. The van der Waals surface area contributed by atoms with Gasteiger partial charge in [0.1, 0.15) is 18.0 Å². The standard InChI is InChI=1S/C16H17ClN8O/c17-12-1-2-13(19-9-12)21-14(26)10-23-5-7-24(8-6-23)15-3-4-18-16-22-20-11-25(15)16/h1-4,9,11H,5-8,10H2,(H,19,21,26). The zero-order chi connectivity index (χ0) is 17.9. The number of hydrogen-bond donors (Lipinski definition) is 1. The van der Waals surface area contributed by atoms with Crippen molar-refractivity contribution in [1.29, 1.82) is 0 Å². The van der Waals surface area contributed by atoms with Gasteiger partial charge in [0.25, 0.3) is 5.78 Å². The van der Waals surface area contributed by atoms with E-state index in [0.717, 1.165) is 32.0 Å². The van der Waals surface area contributed by atoms with Crippen molar-refractivity contribution in [2.24, 2.45) is 0 Å². The van der Waals surface area contributed by atoms with Crippen LogP contribution < -0.4 is 10.2 Å². The molecule has 0 spiro atoms. The highest BCUT2D eigenvalue weighted by atomic mass is 35.5. The fraction of sp³-hybridized carbons (Fsp3) is 0.312. The third-order valence-electron chi connectivity index (χ3n) is 4.25. The lowest BCUT2D eigenvalue weighted by Crippen LogP contribution is -2.49. The first-order chi connectivity index (χ1) is 12.7. The van der Waals surface area contributed by atoms with Gasteiger partial charge in [0.05, 0.1) is 11.6 Å².